The number of carbonyl (C=O) groups excluding carboxylic acids is 2. The summed E-state index contributed by atoms with van der Waals surface area (Å²) in [7, 11) is 5.54. The van der Waals surface area contributed by atoms with Crippen molar-refractivity contribution in [2.24, 2.45) is 0 Å². The van der Waals surface area contributed by atoms with Crippen LogP contribution in [0.5, 0.6) is 0 Å². The zero-order chi connectivity index (χ0) is 47.0. The van der Waals surface area contributed by atoms with E-state index < -0.39 is 18.1 Å². The summed E-state index contributed by atoms with van der Waals surface area (Å²) in [6, 6.07) is -0.617. The Balaban J connectivity index is 4.21. The number of carbonyl (C=O) groups is 3. The molecule has 0 fully saturated rings. The molecule has 1 N–H and O–H groups in total. The topological polar surface area (TPSA) is 99.1 Å². The van der Waals surface area contributed by atoms with Crippen molar-refractivity contribution in [1.82, 2.24) is 0 Å². The first-order valence-corrected chi connectivity index (χ1v) is 27.0. The Morgan fingerprint density at radius 3 is 1.25 bits per heavy atom. The quantitative estimate of drug-likeness (QED) is 0.0281. The number of hydrogen-bond acceptors (Lipinski definition) is 6. The summed E-state index contributed by atoms with van der Waals surface area (Å²) in [4.78, 5) is 37.2. The number of quaternary nitrogens is 1. The summed E-state index contributed by atoms with van der Waals surface area (Å²) in [6.45, 7) is 4.73. The van der Waals surface area contributed by atoms with E-state index in [1.165, 1.54) is 167 Å². The second kappa shape index (κ2) is 47.1. The van der Waals surface area contributed by atoms with Crippen molar-refractivity contribution in [3.8, 4) is 0 Å². The third kappa shape index (κ3) is 44.7. The van der Waals surface area contributed by atoms with Crippen LogP contribution in [-0.4, -0.2) is 80.6 Å². The van der Waals surface area contributed by atoms with Gasteiger partial charge in [-0.25, -0.2) is 4.79 Å². The summed E-state index contributed by atoms with van der Waals surface area (Å²) in [6.07, 6.45) is 56.3. The van der Waals surface area contributed by atoms with E-state index in [1.807, 2.05) is 21.1 Å². The van der Waals surface area contributed by atoms with E-state index in [9.17, 15) is 19.5 Å². The molecule has 8 nitrogen and oxygen atoms in total. The lowest BCUT2D eigenvalue weighted by Crippen LogP contribution is -2.50. The third-order valence-electron chi connectivity index (χ3n) is 12.3. The second-order valence-electron chi connectivity index (χ2n) is 19.5. The molecule has 0 aromatic carbocycles. The van der Waals surface area contributed by atoms with Crippen molar-refractivity contribution in [2.45, 2.75) is 264 Å². The molecule has 0 radical (unpaired) electrons. The molecule has 0 saturated carbocycles. The van der Waals surface area contributed by atoms with E-state index in [2.05, 4.69) is 50.3 Å². The summed E-state index contributed by atoms with van der Waals surface area (Å²) in [5.74, 6) is -1.47. The summed E-state index contributed by atoms with van der Waals surface area (Å²) in [5, 5.41) is 9.66. The highest BCUT2D eigenvalue weighted by Gasteiger charge is 2.31. The third-order valence-corrected chi connectivity index (χ3v) is 12.3. The van der Waals surface area contributed by atoms with E-state index in [1.54, 1.807) is 0 Å². The van der Waals surface area contributed by atoms with Gasteiger partial charge in [0.25, 0.3) is 0 Å². The lowest BCUT2D eigenvalue weighted by molar-refractivity contribution is -0.887. The number of carboxylic acids is 1. The zero-order valence-electron chi connectivity index (χ0n) is 42.7. The van der Waals surface area contributed by atoms with Gasteiger partial charge in [0, 0.05) is 19.3 Å². The molecule has 374 valence electrons. The Kier molecular flexibility index (Phi) is 45.3. The van der Waals surface area contributed by atoms with Crippen molar-refractivity contribution in [2.75, 3.05) is 41.0 Å². The maximum atomic E-state index is 12.8. The van der Waals surface area contributed by atoms with Gasteiger partial charge in [-0.15, -0.1) is 0 Å². The fourth-order valence-corrected chi connectivity index (χ4v) is 8.06. The highest BCUT2D eigenvalue weighted by Crippen LogP contribution is 2.16. The first-order valence-electron chi connectivity index (χ1n) is 27.0. The van der Waals surface area contributed by atoms with Crippen LogP contribution in [-0.2, 0) is 28.6 Å². The fourth-order valence-electron chi connectivity index (χ4n) is 8.06. The average Bonchev–Trinajstić information content (AvgIpc) is 3.26. The van der Waals surface area contributed by atoms with Gasteiger partial charge in [-0.3, -0.25) is 9.59 Å². The molecule has 8 heteroatoms. The van der Waals surface area contributed by atoms with E-state index in [0.29, 0.717) is 19.3 Å². The highest BCUT2D eigenvalue weighted by atomic mass is 16.6. The minimum atomic E-state index is -0.875. The van der Waals surface area contributed by atoms with Gasteiger partial charge in [0.15, 0.2) is 12.1 Å². The second-order valence-corrected chi connectivity index (χ2v) is 19.5. The number of unbranched alkanes of at least 4 members (excludes halogenated alkanes) is 29. The van der Waals surface area contributed by atoms with Crippen molar-refractivity contribution in [3.63, 3.8) is 0 Å². The Morgan fingerprint density at radius 1 is 0.469 bits per heavy atom. The van der Waals surface area contributed by atoms with Gasteiger partial charge >= 0.3 is 17.9 Å². The van der Waals surface area contributed by atoms with Gasteiger partial charge in [0.2, 0.25) is 0 Å². The summed E-state index contributed by atoms with van der Waals surface area (Å²) >= 11 is 0. The molecule has 2 atom stereocenters. The van der Waals surface area contributed by atoms with E-state index in [4.69, 9.17) is 14.2 Å². The number of nitrogens with zero attached hydrogens (tertiary/aromatic N) is 1. The smallest absolute Gasteiger partial charge is 0.362 e. The molecular formula is C56H104NO7+. The maximum Gasteiger partial charge on any atom is 0.362 e. The molecule has 0 amide bonds. The normalized spacial score (nSPS) is 13.1. The van der Waals surface area contributed by atoms with E-state index >= 15 is 0 Å². The Morgan fingerprint density at radius 2 is 0.828 bits per heavy atom. The van der Waals surface area contributed by atoms with Gasteiger partial charge in [-0.1, -0.05) is 198 Å². The van der Waals surface area contributed by atoms with Crippen LogP contribution in [0.3, 0.4) is 0 Å². The Bertz CT molecular complexity index is 1140. The molecule has 0 heterocycles. The number of hydrogen-bond donors (Lipinski definition) is 1. The number of rotatable bonds is 49. The summed E-state index contributed by atoms with van der Waals surface area (Å²) in [5.41, 5.74) is 0. The van der Waals surface area contributed by atoms with Gasteiger partial charge in [-0.05, 0) is 70.6 Å². The molecule has 64 heavy (non-hydrogen) atoms. The molecule has 0 aliphatic carbocycles. The van der Waals surface area contributed by atoms with Crippen molar-refractivity contribution >= 4 is 17.9 Å². The summed E-state index contributed by atoms with van der Waals surface area (Å²) < 4.78 is 17.4. The van der Waals surface area contributed by atoms with Gasteiger partial charge in [0.1, 0.15) is 6.61 Å². The predicted octanol–water partition coefficient (Wildman–Crippen LogP) is 15.8. The van der Waals surface area contributed by atoms with Gasteiger partial charge in [0.05, 0.1) is 34.4 Å². The molecule has 0 aromatic heterocycles. The van der Waals surface area contributed by atoms with Crippen LogP contribution >= 0.6 is 0 Å². The van der Waals surface area contributed by atoms with Crippen LogP contribution in [0.15, 0.2) is 36.5 Å². The van der Waals surface area contributed by atoms with E-state index in [0.717, 1.165) is 51.4 Å². The van der Waals surface area contributed by atoms with Crippen LogP contribution in [0.2, 0.25) is 0 Å². The molecule has 0 aliphatic heterocycles. The number of carboxylic acid groups (broad SMARTS) is 1. The Labute approximate surface area is 395 Å². The Hall–Kier alpha value is -2.45. The van der Waals surface area contributed by atoms with Gasteiger partial charge < -0.3 is 23.8 Å². The minimum absolute atomic E-state index is 0.0550. The number of esters is 2. The predicted molar refractivity (Wildman–Crippen MR) is 271 cm³/mol. The number of likely N-dealkylation sites (N-methyl/N-ethyl adjacent to an activating group) is 1. The maximum absolute atomic E-state index is 12.8. The lowest BCUT2D eigenvalue weighted by atomic mass is 10.0. The van der Waals surface area contributed by atoms with Crippen LogP contribution in [0, 0.1) is 0 Å². The molecule has 0 aliphatic rings. The van der Waals surface area contributed by atoms with Crippen LogP contribution < -0.4 is 0 Å². The van der Waals surface area contributed by atoms with Crippen molar-refractivity contribution < 1.29 is 38.2 Å². The first-order chi connectivity index (χ1) is 31.1. The van der Waals surface area contributed by atoms with Crippen LogP contribution in [0.1, 0.15) is 251 Å². The molecule has 2 unspecified atom stereocenters. The van der Waals surface area contributed by atoms with Gasteiger partial charge in [-0.2, -0.15) is 0 Å². The molecule has 0 rings (SSSR count). The first kappa shape index (κ1) is 61.5. The lowest BCUT2D eigenvalue weighted by Gasteiger charge is -2.31. The average molecular weight is 903 g/mol. The SMILES string of the molecule is CCCCC/C=C/C/C=C/CCCCCCCCCC(=O)OCC(COCCC(C(=O)O)[N+](C)(C)C)OC(=O)CCCCCCCCC/C=C/CCCCCCCCCCCCCC. The van der Waals surface area contributed by atoms with Crippen LogP contribution in [0.25, 0.3) is 0 Å². The van der Waals surface area contributed by atoms with Crippen molar-refractivity contribution in [3.05, 3.63) is 36.5 Å². The minimum Gasteiger partial charge on any atom is -0.477 e. The molecule has 0 saturated heterocycles. The zero-order valence-corrected chi connectivity index (χ0v) is 42.7. The number of allylic oxidation sites excluding steroid dienone is 6. The standard InChI is InChI=1S/C56H103NO7/c1-6-8-10-12-14-16-18-20-22-24-25-26-27-28-29-31-33-35-37-39-41-43-45-47-55(59)64-52(50-62-49-48-53(56(60)61)57(3,4)5)51-63-54(58)46-44-42-40-38-36-34-32-30-23-21-19-17-15-13-11-9-7-2/h15,17,21,23,28-29,52-53H,6-14,16,18-20,22,24-27,30-51H2,1-5H3/p+1/b17-15+,23-21+,29-28+. The van der Waals surface area contributed by atoms with E-state index in [-0.39, 0.29) is 36.2 Å². The molecule has 0 spiro atoms. The van der Waals surface area contributed by atoms with Crippen LogP contribution in [0.4, 0.5) is 0 Å². The van der Waals surface area contributed by atoms with Crippen molar-refractivity contribution in [1.29, 1.82) is 0 Å². The fraction of sp³-hybridized carbons (Fsp3) is 0.839. The molecular weight excluding hydrogens is 799 g/mol. The molecule has 0 aromatic rings. The number of aliphatic carboxylic acids is 1. The molecule has 0 bridgehead atoms. The highest BCUT2D eigenvalue weighted by molar-refractivity contribution is 5.72. The largest absolute Gasteiger partial charge is 0.477 e. The monoisotopic (exact) mass is 903 g/mol. The number of ether oxygens (including phenoxy) is 3.